The van der Waals surface area contributed by atoms with Crippen molar-refractivity contribution in [2.24, 2.45) is 11.8 Å². The van der Waals surface area contributed by atoms with Crippen molar-refractivity contribution in [2.45, 2.75) is 39.0 Å². The molecule has 1 N–H and O–H groups in total. The fourth-order valence-corrected chi connectivity index (χ4v) is 3.85. The molecule has 0 bridgehead atoms. The number of pyridine rings is 1. The van der Waals surface area contributed by atoms with E-state index in [1.807, 2.05) is 35.2 Å². The molecule has 2 aliphatic rings. The number of rotatable bonds is 5. The van der Waals surface area contributed by atoms with Crippen LogP contribution in [0.4, 0.5) is 0 Å². The number of carboxylic acid groups (broad SMARTS) is 1. The second-order valence-electron chi connectivity index (χ2n) is 6.29. The van der Waals surface area contributed by atoms with E-state index in [0.29, 0.717) is 18.5 Å². The van der Waals surface area contributed by atoms with Crippen LogP contribution in [0.3, 0.4) is 0 Å². The topological polar surface area (TPSA) is 84.5 Å². The van der Waals surface area contributed by atoms with E-state index in [9.17, 15) is 19.8 Å². The third-order valence-corrected chi connectivity index (χ3v) is 4.96. The van der Waals surface area contributed by atoms with Crippen molar-refractivity contribution in [2.75, 3.05) is 0 Å². The second kappa shape index (κ2) is 5.77. The molecule has 0 saturated carbocycles. The number of fused-ring (bicyclic) bond motifs is 1. The zero-order valence-corrected chi connectivity index (χ0v) is 13.2. The van der Waals surface area contributed by atoms with Crippen LogP contribution in [0.5, 0.6) is 0 Å². The predicted molar refractivity (Wildman–Crippen MR) is 78.3 cm³/mol. The molecule has 122 valence electrons. The zero-order chi connectivity index (χ0) is 16.7. The molecule has 6 heteroatoms. The normalized spacial score (nSPS) is 27.7. The summed E-state index contributed by atoms with van der Waals surface area (Å²) in [5.41, 5.74) is 0.656. The molecule has 3 heterocycles. The van der Waals surface area contributed by atoms with Gasteiger partial charge in [0.25, 0.3) is 0 Å². The number of carboxylic acids is 1. The van der Waals surface area contributed by atoms with Crippen molar-refractivity contribution in [3.63, 3.8) is 0 Å². The SMILES string of the molecule is CC1=C(C(=O)[O-])N2C(=O)[C@H]([C@@H](C)O)[C@H]2[C@H]1CC[n+]1ccccc1. The maximum atomic E-state index is 12.2. The Morgan fingerprint density at radius 3 is 2.61 bits per heavy atom. The highest BCUT2D eigenvalue weighted by Gasteiger charge is 2.58. The number of amides is 1. The van der Waals surface area contributed by atoms with Crippen LogP contribution in [-0.2, 0) is 16.1 Å². The van der Waals surface area contributed by atoms with Gasteiger partial charge in [-0.25, -0.2) is 4.57 Å². The Hall–Kier alpha value is -2.21. The Labute approximate surface area is 134 Å². The van der Waals surface area contributed by atoms with E-state index in [0.717, 1.165) is 0 Å². The van der Waals surface area contributed by atoms with Crippen LogP contribution in [-0.4, -0.2) is 34.0 Å². The van der Waals surface area contributed by atoms with Crippen molar-refractivity contribution in [1.82, 2.24) is 4.90 Å². The summed E-state index contributed by atoms with van der Waals surface area (Å²) in [6, 6.07) is 5.52. The zero-order valence-electron chi connectivity index (χ0n) is 13.2. The van der Waals surface area contributed by atoms with Crippen molar-refractivity contribution in [3.8, 4) is 0 Å². The molecule has 6 nitrogen and oxygen atoms in total. The van der Waals surface area contributed by atoms with Crippen LogP contribution < -0.4 is 9.67 Å². The lowest BCUT2D eigenvalue weighted by atomic mass is 9.76. The Morgan fingerprint density at radius 2 is 2.04 bits per heavy atom. The van der Waals surface area contributed by atoms with Gasteiger partial charge in [-0.05, 0) is 19.4 Å². The van der Waals surface area contributed by atoms with Gasteiger partial charge in [0.05, 0.1) is 29.7 Å². The van der Waals surface area contributed by atoms with Crippen LogP contribution in [0.1, 0.15) is 20.3 Å². The second-order valence-corrected chi connectivity index (χ2v) is 6.29. The molecule has 4 atom stereocenters. The molecule has 1 saturated heterocycles. The Kier molecular flexibility index (Phi) is 3.93. The van der Waals surface area contributed by atoms with Gasteiger partial charge in [0.2, 0.25) is 5.91 Å². The summed E-state index contributed by atoms with van der Waals surface area (Å²) in [5.74, 6) is -2.25. The first-order chi connectivity index (χ1) is 10.9. The van der Waals surface area contributed by atoms with Gasteiger partial charge in [0, 0.05) is 24.5 Å². The minimum absolute atomic E-state index is 0.0139. The molecule has 3 rings (SSSR count). The molecule has 1 aromatic heterocycles. The van der Waals surface area contributed by atoms with E-state index in [1.54, 1.807) is 13.8 Å². The number of carbonyl (C=O) groups excluding carboxylic acids is 2. The summed E-state index contributed by atoms with van der Waals surface area (Å²) in [7, 11) is 0. The number of aromatic nitrogens is 1. The highest BCUT2D eigenvalue weighted by Crippen LogP contribution is 2.48. The first-order valence-electron chi connectivity index (χ1n) is 7.80. The number of aryl methyl sites for hydroxylation is 1. The van der Waals surface area contributed by atoms with Crippen LogP contribution in [0, 0.1) is 11.8 Å². The van der Waals surface area contributed by atoms with Crippen molar-refractivity contribution in [3.05, 3.63) is 41.9 Å². The average Bonchev–Trinajstić information content (AvgIpc) is 2.75. The third kappa shape index (κ3) is 2.43. The summed E-state index contributed by atoms with van der Waals surface area (Å²) < 4.78 is 2.02. The molecule has 1 amide bonds. The van der Waals surface area contributed by atoms with Crippen LogP contribution in [0.15, 0.2) is 41.9 Å². The lowest BCUT2D eigenvalue weighted by Gasteiger charge is -2.47. The Balaban J connectivity index is 1.85. The summed E-state index contributed by atoms with van der Waals surface area (Å²) in [6.07, 6.45) is 3.81. The van der Waals surface area contributed by atoms with Gasteiger partial charge < -0.3 is 19.9 Å². The van der Waals surface area contributed by atoms with E-state index in [4.69, 9.17) is 0 Å². The molecule has 0 aliphatic carbocycles. The number of aliphatic hydroxyl groups is 1. The molecular weight excluding hydrogens is 296 g/mol. The molecular formula is C17H20N2O4. The molecule has 23 heavy (non-hydrogen) atoms. The van der Waals surface area contributed by atoms with Crippen molar-refractivity contribution >= 4 is 11.9 Å². The van der Waals surface area contributed by atoms with E-state index in [2.05, 4.69) is 0 Å². The number of aliphatic hydroxyl groups excluding tert-OH is 1. The minimum Gasteiger partial charge on any atom is -0.543 e. The Morgan fingerprint density at radius 1 is 1.39 bits per heavy atom. The summed E-state index contributed by atoms with van der Waals surface area (Å²) in [5, 5.41) is 21.3. The highest BCUT2D eigenvalue weighted by atomic mass is 16.4. The van der Waals surface area contributed by atoms with Crippen LogP contribution in [0.2, 0.25) is 0 Å². The van der Waals surface area contributed by atoms with Gasteiger partial charge in [-0.15, -0.1) is 0 Å². The maximum absolute atomic E-state index is 12.2. The van der Waals surface area contributed by atoms with Crippen LogP contribution in [0.25, 0.3) is 0 Å². The first-order valence-corrected chi connectivity index (χ1v) is 7.80. The van der Waals surface area contributed by atoms with E-state index in [-0.39, 0.29) is 23.6 Å². The van der Waals surface area contributed by atoms with Gasteiger partial charge in [0.1, 0.15) is 6.54 Å². The fraction of sp³-hybridized carbons (Fsp3) is 0.471. The molecule has 1 aromatic rings. The largest absolute Gasteiger partial charge is 0.543 e. The first kappa shape index (κ1) is 15.7. The van der Waals surface area contributed by atoms with Gasteiger partial charge in [-0.3, -0.25) is 4.79 Å². The van der Waals surface area contributed by atoms with Gasteiger partial charge in [-0.2, -0.15) is 0 Å². The third-order valence-electron chi connectivity index (χ3n) is 4.96. The number of nitrogens with zero attached hydrogens (tertiary/aromatic N) is 2. The molecule has 0 radical (unpaired) electrons. The average molecular weight is 316 g/mol. The summed E-state index contributed by atoms with van der Waals surface area (Å²) in [6.45, 7) is 4.04. The predicted octanol–water partition coefficient (Wildman–Crippen LogP) is -0.774. The standard InChI is InChI=1S/C17H20N2O4/c1-10-12(6-9-18-7-4-3-5-8-18)15-13(11(2)20)16(21)19(15)14(10)17(22)23/h3-5,7-8,11-13,15,20H,6,9H2,1-2H3/t11-,12+,13-,15-/m1/s1. The fourth-order valence-electron chi connectivity index (χ4n) is 3.85. The molecule has 0 spiro atoms. The molecule has 0 aromatic carbocycles. The number of hydrogen-bond acceptors (Lipinski definition) is 4. The lowest BCUT2D eigenvalue weighted by Crippen LogP contribution is -2.64. The quantitative estimate of drug-likeness (QED) is 0.571. The Bertz CT molecular complexity index is 668. The monoisotopic (exact) mass is 316 g/mol. The number of hydrogen-bond donors (Lipinski definition) is 1. The van der Waals surface area contributed by atoms with Crippen molar-refractivity contribution < 1.29 is 24.4 Å². The van der Waals surface area contributed by atoms with Crippen molar-refractivity contribution in [1.29, 1.82) is 0 Å². The number of carbonyl (C=O) groups is 2. The number of β-lactam (4-membered cyclic amide) rings is 1. The highest BCUT2D eigenvalue weighted by molar-refractivity contribution is 5.99. The van der Waals surface area contributed by atoms with Crippen LogP contribution >= 0.6 is 0 Å². The summed E-state index contributed by atoms with van der Waals surface area (Å²) in [4.78, 5) is 24.9. The van der Waals surface area contributed by atoms with E-state index in [1.165, 1.54) is 4.90 Å². The van der Waals surface area contributed by atoms with Gasteiger partial charge >= 0.3 is 0 Å². The van der Waals surface area contributed by atoms with Gasteiger partial charge in [-0.1, -0.05) is 6.07 Å². The molecule has 0 unspecified atom stereocenters. The minimum atomic E-state index is -1.32. The smallest absolute Gasteiger partial charge is 0.235 e. The summed E-state index contributed by atoms with van der Waals surface area (Å²) >= 11 is 0. The van der Waals surface area contributed by atoms with E-state index < -0.39 is 18.0 Å². The maximum Gasteiger partial charge on any atom is 0.235 e. The molecule has 1 fully saturated rings. The van der Waals surface area contributed by atoms with E-state index >= 15 is 0 Å². The van der Waals surface area contributed by atoms with Gasteiger partial charge in [0.15, 0.2) is 12.4 Å². The number of aliphatic carboxylic acids is 1. The molecule has 2 aliphatic heterocycles. The lowest BCUT2D eigenvalue weighted by molar-refractivity contribution is -0.698.